The molecule has 0 amide bonds. The van der Waals surface area contributed by atoms with Gasteiger partial charge >= 0.3 is 23.9 Å². The minimum absolute atomic E-state index is 0.204. The van der Waals surface area contributed by atoms with Crippen molar-refractivity contribution < 1.29 is 38.5 Å². The molecule has 4 saturated heterocycles. The van der Waals surface area contributed by atoms with Gasteiger partial charge in [0.15, 0.2) is 0 Å². The van der Waals surface area contributed by atoms with Crippen molar-refractivity contribution in [1.29, 1.82) is 0 Å². The second kappa shape index (κ2) is 17.0. The van der Waals surface area contributed by atoms with Gasteiger partial charge in [0, 0.05) is 26.2 Å². The van der Waals surface area contributed by atoms with E-state index in [1.54, 1.807) is 20.3 Å². The summed E-state index contributed by atoms with van der Waals surface area (Å²) in [7, 11) is 0. The van der Waals surface area contributed by atoms with E-state index in [4.69, 9.17) is 19.4 Å². The summed E-state index contributed by atoms with van der Waals surface area (Å²) in [5, 5.41) is 6.84. The molecule has 4 heterocycles. The second-order valence-electron chi connectivity index (χ2n) is 23.7. The van der Waals surface area contributed by atoms with Crippen LogP contribution >= 0.6 is 0 Å². The lowest BCUT2D eigenvalue weighted by molar-refractivity contribution is -0.271. The molecule has 346 valence electrons. The molecule has 6 unspecified atom stereocenters. The molecule has 4 aliphatic rings. The van der Waals surface area contributed by atoms with E-state index in [1.165, 1.54) is 0 Å². The Hall–Kier alpha value is -2.28. The van der Waals surface area contributed by atoms with Gasteiger partial charge in [-0.1, -0.05) is 83.1 Å². The summed E-state index contributed by atoms with van der Waals surface area (Å²) in [4.78, 5) is 83.5. The zero-order valence-corrected chi connectivity index (χ0v) is 41.6. The summed E-state index contributed by atoms with van der Waals surface area (Å²) in [5.74, 6) is -4.36. The summed E-state index contributed by atoms with van der Waals surface area (Å²) in [6.07, 6.45) is 2.19. The van der Waals surface area contributed by atoms with Crippen molar-refractivity contribution in [1.82, 2.24) is 20.3 Å². The van der Waals surface area contributed by atoms with Gasteiger partial charge in [0.1, 0.15) is 0 Å². The van der Waals surface area contributed by atoms with Crippen LogP contribution in [-0.2, 0) is 38.5 Å². The molecule has 4 rings (SSSR count). The lowest BCUT2D eigenvalue weighted by Gasteiger charge is -2.55. The van der Waals surface area contributed by atoms with Crippen molar-refractivity contribution >= 4 is 23.9 Å². The SMILES string of the molecule is CC1CCN(OC(=O)CC(C(=O)ON2CCC(C)C(C)(C)C2(C)C)C(CC(=O)ON2CCC(C)C(C)(C)C2(C)C)C(=O)ON2CCC(C)C(C)(C)C2(C)C)C(C)(C)C1(C)C. The fourth-order valence-electron chi connectivity index (χ4n) is 9.95. The molecule has 0 radical (unpaired) electrons. The minimum atomic E-state index is -1.43. The van der Waals surface area contributed by atoms with Crippen LogP contribution in [-0.4, -0.2) is 92.5 Å². The summed E-state index contributed by atoms with van der Waals surface area (Å²) in [6.45, 7) is 44.6. The van der Waals surface area contributed by atoms with Crippen LogP contribution in [0.2, 0.25) is 0 Å². The molecular formula is C48H86N4O8. The number of hydrogen-bond donors (Lipinski definition) is 0. The summed E-state index contributed by atoms with van der Waals surface area (Å²) >= 11 is 0. The van der Waals surface area contributed by atoms with Crippen molar-refractivity contribution in [2.24, 2.45) is 57.2 Å². The van der Waals surface area contributed by atoms with E-state index in [0.717, 1.165) is 25.7 Å². The molecule has 12 nitrogen and oxygen atoms in total. The summed E-state index contributed by atoms with van der Waals surface area (Å²) in [6, 6.07) is 0. The smallest absolute Gasteiger partial charge is 0.329 e. The number of carbonyl (C=O) groups is 4. The maximum atomic E-state index is 14.9. The average Bonchev–Trinajstić information content (AvgIpc) is 3.12. The van der Waals surface area contributed by atoms with Crippen LogP contribution in [0.4, 0.5) is 0 Å². The average molecular weight is 847 g/mol. The molecule has 0 N–H and O–H groups in total. The normalized spacial score (nSPS) is 31.9. The van der Waals surface area contributed by atoms with Crippen molar-refractivity contribution in [2.75, 3.05) is 26.2 Å². The number of hydrogen-bond acceptors (Lipinski definition) is 12. The highest BCUT2D eigenvalue weighted by atomic mass is 16.7. The lowest BCUT2D eigenvalue weighted by Crippen LogP contribution is -2.62. The van der Waals surface area contributed by atoms with Crippen molar-refractivity contribution in [3.63, 3.8) is 0 Å². The molecule has 0 aromatic carbocycles. The third-order valence-corrected chi connectivity index (χ3v) is 19.5. The molecule has 0 bridgehead atoms. The lowest BCUT2D eigenvalue weighted by atomic mass is 9.63. The van der Waals surface area contributed by atoms with Gasteiger partial charge in [-0.15, -0.1) is 20.3 Å². The Morgan fingerprint density at radius 1 is 0.400 bits per heavy atom. The molecule has 12 heteroatoms. The number of nitrogens with zero attached hydrogens (tertiary/aromatic N) is 4. The van der Waals surface area contributed by atoms with Crippen molar-refractivity contribution in [2.45, 2.75) is 199 Å². The zero-order valence-electron chi connectivity index (χ0n) is 41.6. The molecule has 0 aromatic rings. The fraction of sp³-hybridized carbons (Fsp3) is 0.917. The topological polar surface area (TPSA) is 118 Å². The molecule has 4 aliphatic heterocycles. The first kappa shape index (κ1) is 50.4. The summed E-state index contributed by atoms with van der Waals surface area (Å²) in [5.41, 5.74) is -3.15. The van der Waals surface area contributed by atoms with E-state index in [-0.39, 0.29) is 21.7 Å². The van der Waals surface area contributed by atoms with Gasteiger partial charge in [0.05, 0.1) is 46.8 Å². The maximum Gasteiger partial charge on any atom is 0.329 e. The van der Waals surface area contributed by atoms with Crippen LogP contribution in [0.25, 0.3) is 0 Å². The number of rotatable bonds is 11. The first-order valence-corrected chi connectivity index (χ1v) is 23.1. The third kappa shape index (κ3) is 8.80. The van der Waals surface area contributed by atoms with Gasteiger partial charge in [-0.25, -0.2) is 0 Å². The first-order chi connectivity index (χ1) is 27.1. The number of piperidine rings is 4. The predicted molar refractivity (Wildman–Crippen MR) is 234 cm³/mol. The van der Waals surface area contributed by atoms with Crippen LogP contribution in [0.1, 0.15) is 177 Å². The van der Waals surface area contributed by atoms with Gasteiger partial charge in [-0.05, 0) is 126 Å². The van der Waals surface area contributed by atoms with Crippen LogP contribution in [0.15, 0.2) is 0 Å². The van der Waals surface area contributed by atoms with Crippen molar-refractivity contribution in [3.8, 4) is 0 Å². The van der Waals surface area contributed by atoms with Crippen LogP contribution in [0, 0.1) is 57.2 Å². The highest BCUT2D eigenvalue weighted by Crippen LogP contribution is 2.51. The number of hydroxylamine groups is 8. The van der Waals surface area contributed by atoms with E-state index >= 15 is 0 Å². The molecule has 4 fully saturated rings. The quantitative estimate of drug-likeness (QED) is 0.197. The third-order valence-electron chi connectivity index (χ3n) is 19.5. The molecule has 0 aromatic heterocycles. The largest absolute Gasteiger partial charge is 0.367 e. The first-order valence-electron chi connectivity index (χ1n) is 23.1. The Morgan fingerprint density at radius 3 is 0.817 bits per heavy atom. The molecular weight excluding hydrogens is 761 g/mol. The Kier molecular flexibility index (Phi) is 14.3. The highest BCUT2D eigenvalue weighted by Gasteiger charge is 2.56. The molecule has 0 spiro atoms. The van der Waals surface area contributed by atoms with Gasteiger partial charge in [0.2, 0.25) is 0 Å². The Bertz CT molecular complexity index is 1480. The molecule has 0 saturated carbocycles. The predicted octanol–water partition coefficient (Wildman–Crippen LogP) is 9.42. The fourth-order valence-corrected chi connectivity index (χ4v) is 9.95. The van der Waals surface area contributed by atoms with E-state index in [9.17, 15) is 19.2 Å². The van der Waals surface area contributed by atoms with E-state index < -0.39 is 70.7 Å². The Balaban J connectivity index is 1.77. The van der Waals surface area contributed by atoms with Gasteiger partial charge in [-0.2, -0.15) is 0 Å². The van der Waals surface area contributed by atoms with E-state index in [2.05, 4.69) is 111 Å². The highest BCUT2D eigenvalue weighted by molar-refractivity contribution is 5.88. The van der Waals surface area contributed by atoms with Crippen LogP contribution in [0.5, 0.6) is 0 Å². The Morgan fingerprint density at radius 2 is 0.600 bits per heavy atom. The summed E-state index contributed by atoms with van der Waals surface area (Å²) < 4.78 is 0. The van der Waals surface area contributed by atoms with E-state index in [0.29, 0.717) is 49.9 Å². The Labute approximate surface area is 364 Å². The van der Waals surface area contributed by atoms with Gasteiger partial charge in [0.25, 0.3) is 0 Å². The zero-order chi connectivity index (χ0) is 46.0. The van der Waals surface area contributed by atoms with Crippen molar-refractivity contribution in [3.05, 3.63) is 0 Å². The van der Waals surface area contributed by atoms with Crippen LogP contribution in [0.3, 0.4) is 0 Å². The second-order valence-corrected chi connectivity index (χ2v) is 23.7. The molecule has 60 heavy (non-hydrogen) atoms. The molecule has 0 aliphatic carbocycles. The van der Waals surface area contributed by atoms with E-state index in [1.807, 2.05) is 27.7 Å². The monoisotopic (exact) mass is 847 g/mol. The minimum Gasteiger partial charge on any atom is -0.367 e. The van der Waals surface area contributed by atoms with Gasteiger partial charge in [-0.3, -0.25) is 19.2 Å². The maximum absolute atomic E-state index is 14.9. The number of carbonyl (C=O) groups excluding carboxylic acids is 4. The molecule has 6 atom stereocenters. The van der Waals surface area contributed by atoms with Crippen LogP contribution < -0.4 is 0 Å². The standard InChI is InChI=1S/C48H86N4O8/c1-31-21-25-49(45(13,14)41(31,5)6)57-37(53)29-35(39(55)59-51-27-23-33(3)43(9,10)47(51,17)18)36(40(56)60-52-28-24-34(4)44(11,12)48(52,19)20)30-38(54)58-50-26-22-32(2)42(7,8)46(50,15)16/h31-36H,21-30H2,1-20H3. The van der Waals surface area contributed by atoms with Gasteiger partial charge < -0.3 is 19.4 Å².